The minimum Gasteiger partial charge on any atom is -0.496 e. The Bertz CT molecular complexity index is 1490. The lowest BCUT2D eigenvalue weighted by molar-refractivity contribution is -0.146. The zero-order valence-electron chi connectivity index (χ0n) is 21.1. The van der Waals surface area contributed by atoms with Crippen LogP contribution in [0.3, 0.4) is 0 Å². The van der Waals surface area contributed by atoms with Gasteiger partial charge in [0.1, 0.15) is 33.2 Å². The first-order valence-electron chi connectivity index (χ1n) is 11.9. The molecule has 0 bridgehead atoms. The molecule has 1 saturated heterocycles. The fraction of sp³-hybridized carbons (Fsp3) is 0.462. The molecule has 1 unspecified atom stereocenters. The summed E-state index contributed by atoms with van der Waals surface area (Å²) in [5.74, 6) is -0.756. The fourth-order valence-corrected chi connectivity index (χ4v) is 5.66. The third-order valence-corrected chi connectivity index (χ3v) is 7.98. The number of carboxylic acids is 1. The molecule has 2 aromatic heterocycles. The topological polar surface area (TPSA) is 133 Å². The lowest BCUT2D eigenvalue weighted by atomic mass is 10.0. The number of benzene rings is 1. The zero-order chi connectivity index (χ0) is 26.9. The third kappa shape index (κ3) is 4.80. The van der Waals surface area contributed by atoms with Gasteiger partial charge in [0.25, 0.3) is 5.56 Å². The highest BCUT2D eigenvalue weighted by molar-refractivity contribution is 7.19. The van der Waals surface area contributed by atoms with Crippen LogP contribution in [-0.4, -0.2) is 46.6 Å². The summed E-state index contributed by atoms with van der Waals surface area (Å²) in [6, 6.07) is 9.40. The summed E-state index contributed by atoms with van der Waals surface area (Å²) in [5, 5.41) is 19.7. The summed E-state index contributed by atoms with van der Waals surface area (Å²) in [5.41, 5.74) is -2.23. The number of fused-ring (bicyclic) bond motifs is 1. The van der Waals surface area contributed by atoms with E-state index in [2.05, 4.69) is 6.07 Å². The molecule has 196 valence electrons. The zero-order valence-corrected chi connectivity index (χ0v) is 22.0. The van der Waals surface area contributed by atoms with Crippen LogP contribution in [-0.2, 0) is 26.4 Å². The lowest BCUT2D eigenvalue weighted by Gasteiger charge is -2.30. The van der Waals surface area contributed by atoms with Crippen molar-refractivity contribution in [2.75, 3.05) is 20.3 Å². The predicted octanol–water partition coefficient (Wildman–Crippen LogP) is 3.17. The van der Waals surface area contributed by atoms with Gasteiger partial charge >= 0.3 is 11.7 Å². The van der Waals surface area contributed by atoms with Gasteiger partial charge in [-0.2, -0.15) is 5.26 Å². The van der Waals surface area contributed by atoms with E-state index in [1.807, 2.05) is 18.2 Å². The minimum absolute atomic E-state index is 0.0200. The number of hydrogen-bond donors (Lipinski definition) is 1. The Morgan fingerprint density at radius 3 is 2.59 bits per heavy atom. The molecular weight excluding hydrogens is 498 g/mol. The van der Waals surface area contributed by atoms with Crippen molar-refractivity contribution in [2.45, 2.75) is 57.9 Å². The van der Waals surface area contributed by atoms with Gasteiger partial charge in [0.05, 0.1) is 25.1 Å². The first-order valence-corrected chi connectivity index (χ1v) is 12.7. The molecule has 0 radical (unpaired) electrons. The van der Waals surface area contributed by atoms with Crippen LogP contribution in [0.1, 0.15) is 48.8 Å². The molecule has 1 N–H and O–H groups in total. The molecule has 1 aliphatic heterocycles. The number of nitriles is 1. The Balaban J connectivity index is 1.97. The van der Waals surface area contributed by atoms with Crippen LogP contribution < -0.4 is 16.0 Å². The molecule has 11 heteroatoms. The summed E-state index contributed by atoms with van der Waals surface area (Å²) in [6.07, 6.45) is 0.569. The highest BCUT2D eigenvalue weighted by Gasteiger charge is 2.36. The molecule has 1 fully saturated rings. The number of methoxy groups -OCH3 is 1. The summed E-state index contributed by atoms with van der Waals surface area (Å²) in [7, 11) is 1.55. The Morgan fingerprint density at radius 2 is 1.97 bits per heavy atom. The first kappa shape index (κ1) is 26.6. The van der Waals surface area contributed by atoms with Crippen LogP contribution in [0.4, 0.5) is 0 Å². The standard InChI is InChI=1S/C26H29N3O7S/c1-15-20(13-27)37-23-21(15)22(30)29(26(2,3)24(31)32)25(33)28(23)14-19(36-16-9-11-35-12-10-16)17-7-5-6-8-18(17)34-4/h5-8,16,19H,9-12,14H2,1-4H3,(H,31,32). The van der Waals surface area contributed by atoms with Gasteiger partial charge < -0.3 is 19.3 Å². The number of hydrogen-bond acceptors (Lipinski definition) is 8. The van der Waals surface area contributed by atoms with E-state index in [1.165, 1.54) is 18.4 Å². The van der Waals surface area contributed by atoms with Crippen LogP contribution in [0.5, 0.6) is 5.75 Å². The molecular formula is C26H29N3O7S. The number of nitrogens with zero attached hydrogens (tertiary/aromatic N) is 3. The Kier molecular flexibility index (Phi) is 7.54. The number of thiophene rings is 1. The van der Waals surface area contributed by atoms with Gasteiger partial charge in [-0.1, -0.05) is 18.2 Å². The van der Waals surface area contributed by atoms with Crippen LogP contribution in [0.2, 0.25) is 0 Å². The molecule has 1 aromatic carbocycles. The first-order chi connectivity index (χ1) is 17.6. The molecule has 0 spiro atoms. The van der Waals surface area contributed by atoms with E-state index in [0.29, 0.717) is 47.8 Å². The highest BCUT2D eigenvalue weighted by Crippen LogP contribution is 2.34. The molecule has 4 rings (SSSR count). The molecule has 3 aromatic rings. The summed E-state index contributed by atoms with van der Waals surface area (Å²) < 4.78 is 19.7. The molecule has 1 aliphatic rings. The SMILES string of the molecule is COc1ccccc1C(Cn1c(=O)n(C(C)(C)C(=O)O)c(=O)c2c(C)c(C#N)sc21)OC1CCOCC1. The normalized spacial score (nSPS) is 15.4. The number of ether oxygens (including phenoxy) is 3. The van der Waals surface area contributed by atoms with Crippen LogP contribution in [0.15, 0.2) is 33.9 Å². The average molecular weight is 528 g/mol. The molecule has 10 nitrogen and oxygen atoms in total. The van der Waals surface area contributed by atoms with E-state index in [9.17, 15) is 24.8 Å². The Labute approximate surface area is 217 Å². The average Bonchev–Trinajstić information content (AvgIpc) is 3.22. The van der Waals surface area contributed by atoms with Crippen LogP contribution >= 0.6 is 11.3 Å². The van der Waals surface area contributed by atoms with Gasteiger partial charge in [0.2, 0.25) is 0 Å². The predicted molar refractivity (Wildman–Crippen MR) is 137 cm³/mol. The van der Waals surface area contributed by atoms with E-state index in [1.54, 1.807) is 20.1 Å². The maximum Gasteiger partial charge on any atom is 0.333 e. The molecule has 37 heavy (non-hydrogen) atoms. The van der Waals surface area contributed by atoms with Crippen molar-refractivity contribution >= 4 is 27.5 Å². The van der Waals surface area contributed by atoms with E-state index in [-0.39, 0.29) is 22.9 Å². The van der Waals surface area contributed by atoms with Crippen LogP contribution in [0, 0.1) is 18.3 Å². The Morgan fingerprint density at radius 1 is 1.30 bits per heavy atom. The van der Waals surface area contributed by atoms with Crippen molar-refractivity contribution in [2.24, 2.45) is 0 Å². The lowest BCUT2D eigenvalue weighted by Crippen LogP contribution is -2.52. The fourth-order valence-electron chi connectivity index (χ4n) is 4.56. The van der Waals surface area contributed by atoms with Gasteiger partial charge in [-0.25, -0.2) is 14.2 Å². The van der Waals surface area contributed by atoms with Crippen molar-refractivity contribution in [3.05, 3.63) is 61.1 Å². The van der Waals surface area contributed by atoms with Gasteiger partial charge in [-0.05, 0) is 45.2 Å². The minimum atomic E-state index is -1.83. The maximum atomic E-state index is 13.9. The number of rotatable bonds is 8. The maximum absolute atomic E-state index is 13.9. The van der Waals surface area contributed by atoms with Crippen molar-refractivity contribution in [3.8, 4) is 11.8 Å². The van der Waals surface area contributed by atoms with Crippen molar-refractivity contribution < 1.29 is 24.1 Å². The number of aryl methyl sites for hydroxylation is 1. The highest BCUT2D eigenvalue weighted by atomic mass is 32.1. The van der Waals surface area contributed by atoms with Crippen molar-refractivity contribution in [1.82, 2.24) is 9.13 Å². The van der Waals surface area contributed by atoms with E-state index in [0.717, 1.165) is 15.9 Å². The summed E-state index contributed by atoms with van der Waals surface area (Å²) >= 11 is 1.03. The van der Waals surface area contributed by atoms with Gasteiger partial charge in [-0.15, -0.1) is 11.3 Å². The van der Waals surface area contributed by atoms with Gasteiger partial charge in [-0.3, -0.25) is 9.36 Å². The number of para-hydroxylation sites is 1. The number of aliphatic carboxylic acids is 1. The van der Waals surface area contributed by atoms with Gasteiger partial charge in [0.15, 0.2) is 0 Å². The molecule has 0 saturated carbocycles. The second-order valence-electron chi connectivity index (χ2n) is 9.42. The molecule has 1 atom stereocenters. The summed E-state index contributed by atoms with van der Waals surface area (Å²) in [6.45, 7) is 5.33. The van der Waals surface area contributed by atoms with Crippen LogP contribution in [0.25, 0.3) is 10.2 Å². The van der Waals surface area contributed by atoms with E-state index in [4.69, 9.17) is 14.2 Å². The number of aromatic nitrogens is 2. The largest absolute Gasteiger partial charge is 0.496 e. The van der Waals surface area contributed by atoms with E-state index >= 15 is 0 Å². The monoisotopic (exact) mass is 527 g/mol. The summed E-state index contributed by atoms with van der Waals surface area (Å²) in [4.78, 5) is 40.0. The number of carbonyl (C=O) groups is 1. The van der Waals surface area contributed by atoms with Crippen molar-refractivity contribution in [1.29, 1.82) is 5.26 Å². The number of carboxylic acid groups (broad SMARTS) is 1. The smallest absolute Gasteiger partial charge is 0.333 e. The molecule has 3 heterocycles. The second kappa shape index (κ2) is 10.5. The second-order valence-corrected chi connectivity index (χ2v) is 10.4. The molecule has 0 aliphatic carbocycles. The van der Waals surface area contributed by atoms with Crippen molar-refractivity contribution in [3.63, 3.8) is 0 Å². The van der Waals surface area contributed by atoms with Gasteiger partial charge in [0, 0.05) is 18.8 Å². The van der Waals surface area contributed by atoms with E-state index < -0.39 is 28.9 Å². The molecule has 0 amide bonds. The quantitative estimate of drug-likeness (QED) is 0.472. The Hall–Kier alpha value is -3.46. The third-order valence-electron chi connectivity index (χ3n) is 6.76.